The summed E-state index contributed by atoms with van der Waals surface area (Å²) < 4.78 is 11.1. The molecule has 0 saturated carbocycles. The zero-order valence-corrected chi connectivity index (χ0v) is 18.3. The number of aromatic amines is 1. The number of amides is 1. The van der Waals surface area contributed by atoms with Gasteiger partial charge in [0.25, 0.3) is 0 Å². The van der Waals surface area contributed by atoms with Crippen molar-refractivity contribution < 1.29 is 18.7 Å². The maximum absolute atomic E-state index is 12.5. The van der Waals surface area contributed by atoms with Gasteiger partial charge in [-0.05, 0) is 46.3 Å². The highest BCUT2D eigenvalue weighted by Crippen LogP contribution is 2.15. The molecule has 9 nitrogen and oxygen atoms in total. The van der Waals surface area contributed by atoms with Crippen LogP contribution in [0.15, 0.2) is 50.2 Å². The minimum atomic E-state index is -0.538. The van der Waals surface area contributed by atoms with Crippen LogP contribution in [-0.2, 0) is 11.3 Å². The average Bonchev–Trinajstić information content (AvgIpc) is 3.15. The highest BCUT2D eigenvalue weighted by Gasteiger charge is 2.23. The van der Waals surface area contributed by atoms with Gasteiger partial charge in [0.15, 0.2) is 11.4 Å². The molecule has 1 amide bonds. The maximum Gasteiger partial charge on any atom is 0.417 e. The van der Waals surface area contributed by atoms with Crippen LogP contribution in [0.3, 0.4) is 0 Å². The molecule has 0 atom stereocenters. The number of nitrogens with zero attached hydrogens (tertiary/aromatic N) is 3. The standard InChI is InChI=1S/C21H21BrN4O5/c22-19-3-1-2-15(23-19)13-30-21(29)26-10-8-25(9-11-26)7-6-17(27)14-4-5-16-18(12-14)31-20(28)24-16/h1-5,12H,6-11,13H2,(H,24,28). The second-order valence-electron chi connectivity index (χ2n) is 7.23. The van der Waals surface area contributed by atoms with E-state index in [0.717, 1.165) is 0 Å². The molecule has 162 valence electrons. The van der Waals surface area contributed by atoms with Gasteiger partial charge >= 0.3 is 11.8 Å². The lowest BCUT2D eigenvalue weighted by Gasteiger charge is -2.33. The zero-order valence-electron chi connectivity index (χ0n) is 16.7. The molecule has 1 aromatic carbocycles. The molecule has 1 saturated heterocycles. The summed E-state index contributed by atoms with van der Waals surface area (Å²) in [6.07, 6.45) is -0.0158. The van der Waals surface area contributed by atoms with E-state index in [-0.39, 0.29) is 18.5 Å². The van der Waals surface area contributed by atoms with Crippen LogP contribution in [0.1, 0.15) is 22.5 Å². The molecule has 31 heavy (non-hydrogen) atoms. The summed E-state index contributed by atoms with van der Waals surface area (Å²) in [4.78, 5) is 46.6. The second-order valence-corrected chi connectivity index (χ2v) is 8.05. The van der Waals surface area contributed by atoms with Crippen molar-refractivity contribution in [1.82, 2.24) is 19.8 Å². The molecule has 0 aliphatic carbocycles. The summed E-state index contributed by atoms with van der Waals surface area (Å²) in [5.41, 5.74) is 2.14. The van der Waals surface area contributed by atoms with Gasteiger partial charge in [-0.15, -0.1) is 0 Å². The Morgan fingerprint density at radius 2 is 1.97 bits per heavy atom. The molecule has 3 heterocycles. The fourth-order valence-corrected chi connectivity index (χ4v) is 3.81. The number of H-pyrrole nitrogens is 1. The third-order valence-electron chi connectivity index (χ3n) is 5.14. The predicted molar refractivity (Wildman–Crippen MR) is 116 cm³/mol. The van der Waals surface area contributed by atoms with Crippen molar-refractivity contribution in [2.75, 3.05) is 32.7 Å². The lowest BCUT2D eigenvalue weighted by molar-refractivity contribution is 0.0690. The van der Waals surface area contributed by atoms with Gasteiger partial charge in [0.1, 0.15) is 11.2 Å². The van der Waals surface area contributed by atoms with Gasteiger partial charge in [-0.1, -0.05) is 6.07 Å². The number of Topliss-reactive ketones (excluding diaryl/α,β-unsaturated/α-hetero) is 1. The van der Waals surface area contributed by atoms with Crippen LogP contribution in [0.5, 0.6) is 0 Å². The van der Waals surface area contributed by atoms with Crippen LogP contribution in [-0.4, -0.2) is 64.4 Å². The van der Waals surface area contributed by atoms with Crippen molar-refractivity contribution >= 4 is 38.9 Å². The Labute approximate surface area is 186 Å². The van der Waals surface area contributed by atoms with Crippen molar-refractivity contribution in [3.8, 4) is 0 Å². The van der Waals surface area contributed by atoms with Gasteiger partial charge in [-0.2, -0.15) is 0 Å². The minimum absolute atomic E-state index is 0.0193. The second kappa shape index (κ2) is 9.44. The number of benzene rings is 1. The number of oxazole rings is 1. The fourth-order valence-electron chi connectivity index (χ4n) is 3.43. The van der Waals surface area contributed by atoms with Crippen molar-refractivity contribution in [3.05, 3.63) is 62.8 Å². The number of aromatic nitrogens is 2. The van der Waals surface area contributed by atoms with Gasteiger partial charge < -0.3 is 14.1 Å². The number of ketones is 1. The fraction of sp³-hybridized carbons (Fsp3) is 0.333. The number of fused-ring (bicyclic) bond motifs is 1. The number of piperazine rings is 1. The number of nitrogens with one attached hydrogen (secondary N) is 1. The van der Waals surface area contributed by atoms with Crippen molar-refractivity contribution in [3.63, 3.8) is 0 Å². The summed E-state index contributed by atoms with van der Waals surface area (Å²) in [6.45, 7) is 3.14. The molecule has 10 heteroatoms. The number of hydrogen-bond acceptors (Lipinski definition) is 7. The number of carbonyl (C=O) groups is 2. The smallest absolute Gasteiger partial charge is 0.417 e. The third-order valence-corrected chi connectivity index (χ3v) is 5.59. The van der Waals surface area contributed by atoms with Crippen LogP contribution in [0, 0.1) is 0 Å². The Balaban J connectivity index is 1.21. The van der Waals surface area contributed by atoms with E-state index in [9.17, 15) is 14.4 Å². The van der Waals surface area contributed by atoms with E-state index < -0.39 is 5.76 Å². The maximum atomic E-state index is 12.5. The number of ether oxygens (including phenoxy) is 1. The molecule has 1 N–H and O–H groups in total. The first-order chi connectivity index (χ1) is 15.0. The van der Waals surface area contributed by atoms with E-state index in [1.165, 1.54) is 0 Å². The van der Waals surface area contributed by atoms with Crippen LogP contribution in [0.4, 0.5) is 4.79 Å². The van der Waals surface area contributed by atoms with Gasteiger partial charge in [0.05, 0.1) is 11.2 Å². The topological polar surface area (TPSA) is 109 Å². The van der Waals surface area contributed by atoms with Gasteiger partial charge in [0, 0.05) is 44.7 Å². The lowest BCUT2D eigenvalue weighted by Crippen LogP contribution is -2.49. The molecule has 0 spiro atoms. The molecule has 1 aliphatic rings. The molecule has 0 radical (unpaired) electrons. The van der Waals surface area contributed by atoms with Crippen LogP contribution >= 0.6 is 15.9 Å². The molecule has 0 bridgehead atoms. The predicted octanol–water partition coefficient (Wildman–Crippen LogP) is 2.81. The first kappa shape index (κ1) is 21.3. The largest absolute Gasteiger partial charge is 0.443 e. The Morgan fingerprint density at radius 1 is 1.16 bits per heavy atom. The molecular formula is C21H21BrN4O5. The van der Waals surface area contributed by atoms with Crippen LogP contribution in [0.2, 0.25) is 0 Å². The summed E-state index contributed by atoms with van der Waals surface area (Å²) in [6, 6.07) is 10.4. The summed E-state index contributed by atoms with van der Waals surface area (Å²) in [7, 11) is 0. The molecule has 1 fully saturated rings. The Hall–Kier alpha value is -2.98. The lowest BCUT2D eigenvalue weighted by atomic mass is 10.1. The van der Waals surface area contributed by atoms with Crippen molar-refractivity contribution in [1.29, 1.82) is 0 Å². The Bertz CT molecular complexity index is 1150. The van der Waals surface area contributed by atoms with E-state index in [1.807, 2.05) is 12.1 Å². The molecule has 2 aromatic heterocycles. The molecule has 3 aromatic rings. The molecule has 4 rings (SSSR count). The first-order valence-corrected chi connectivity index (χ1v) is 10.7. The summed E-state index contributed by atoms with van der Waals surface area (Å²) >= 11 is 3.29. The van der Waals surface area contributed by atoms with Crippen LogP contribution in [0.25, 0.3) is 11.1 Å². The van der Waals surface area contributed by atoms with Crippen molar-refractivity contribution in [2.24, 2.45) is 0 Å². The zero-order chi connectivity index (χ0) is 21.8. The molecule has 0 unspecified atom stereocenters. The van der Waals surface area contributed by atoms with E-state index in [1.54, 1.807) is 29.2 Å². The normalized spacial score (nSPS) is 14.7. The molecule has 1 aliphatic heterocycles. The Morgan fingerprint density at radius 3 is 2.74 bits per heavy atom. The summed E-state index contributed by atoms with van der Waals surface area (Å²) in [5.74, 6) is -0.557. The number of rotatable bonds is 6. The molecular weight excluding hydrogens is 468 g/mol. The van der Waals surface area contributed by atoms with Crippen LogP contribution < -0.4 is 5.76 Å². The van der Waals surface area contributed by atoms with Gasteiger partial charge in [0.2, 0.25) is 0 Å². The highest BCUT2D eigenvalue weighted by molar-refractivity contribution is 9.10. The minimum Gasteiger partial charge on any atom is -0.443 e. The summed E-state index contributed by atoms with van der Waals surface area (Å²) in [5, 5.41) is 0. The van der Waals surface area contributed by atoms with Gasteiger partial charge in [-0.25, -0.2) is 14.6 Å². The van der Waals surface area contributed by atoms with E-state index in [4.69, 9.17) is 9.15 Å². The highest BCUT2D eigenvalue weighted by atomic mass is 79.9. The van der Waals surface area contributed by atoms with E-state index >= 15 is 0 Å². The monoisotopic (exact) mass is 488 g/mol. The third kappa shape index (κ3) is 5.39. The Kier molecular flexibility index (Phi) is 6.47. The quantitative estimate of drug-likeness (QED) is 0.419. The number of halogens is 1. The number of pyridine rings is 1. The average molecular weight is 489 g/mol. The van der Waals surface area contributed by atoms with E-state index in [2.05, 4.69) is 30.8 Å². The first-order valence-electron chi connectivity index (χ1n) is 9.89. The van der Waals surface area contributed by atoms with Crippen molar-refractivity contribution in [2.45, 2.75) is 13.0 Å². The van der Waals surface area contributed by atoms with E-state index in [0.29, 0.717) is 66.1 Å². The SMILES string of the molecule is O=C(CCN1CCN(C(=O)OCc2cccc(Br)n2)CC1)c1ccc2[nH]c(=O)oc2c1. The number of carbonyl (C=O) groups excluding carboxylic acids is 2. The number of hydrogen-bond donors (Lipinski definition) is 1. The van der Waals surface area contributed by atoms with Gasteiger partial charge in [-0.3, -0.25) is 14.7 Å².